The van der Waals surface area contributed by atoms with Crippen molar-refractivity contribution in [3.63, 3.8) is 0 Å². The summed E-state index contributed by atoms with van der Waals surface area (Å²) in [5.74, 6) is 1.73. The number of sulfonamides is 1. The van der Waals surface area contributed by atoms with Gasteiger partial charge in [0, 0.05) is 30.7 Å². The second-order valence-electron chi connectivity index (χ2n) is 24.1. The minimum absolute atomic E-state index is 0.119. The van der Waals surface area contributed by atoms with Crippen molar-refractivity contribution in [2.45, 2.75) is 95.5 Å². The summed E-state index contributed by atoms with van der Waals surface area (Å²) in [4.78, 5) is 39.8. The standard InChI is InChI=1S/C83H74N2O15S/c86-82(70-51-76(94-55-63-30-13-3-14-31-63)81(97-58-66-36-19-6-20-37-66)77(52-70)95-56-64-32-15-4-16-33-64)100-78-48-68-47-60(25-23-8-24-46-84(83(87)98-59-67-38-21-7-22-39-67)101(90,91)72-43-41-71(42-44-72)85(88)89)40-45-73(68)99-79(78)69-49-74(92-53-61-26-9-1-10-27-61)80(96-57-65-34-17-5-18-35-65)75(50-69)93-54-62-28-11-2-12-29-62/h1-7,9-22,26-45,47,49-52,78-79H,8,23-25,46,48,53-59H2/t78-,79?/m1/s1. The van der Waals surface area contributed by atoms with Gasteiger partial charge in [0.2, 0.25) is 11.5 Å². The van der Waals surface area contributed by atoms with Gasteiger partial charge in [-0.3, -0.25) is 10.1 Å². The number of carbonyl (C=O) groups excluding carboxylic acids is 2. The summed E-state index contributed by atoms with van der Waals surface area (Å²) in [6.07, 6.45) is -0.996. The van der Waals surface area contributed by atoms with Gasteiger partial charge in [0.25, 0.3) is 15.7 Å². The number of fused-ring (bicyclic) bond motifs is 1. The van der Waals surface area contributed by atoms with E-state index in [1.807, 2.05) is 218 Å². The molecule has 0 saturated carbocycles. The second kappa shape index (κ2) is 34.1. The average Bonchev–Trinajstić information content (AvgIpc) is 0.778. The molecule has 18 heteroatoms. The van der Waals surface area contributed by atoms with Crippen LogP contribution >= 0.6 is 0 Å². The molecule has 0 aromatic heterocycles. The van der Waals surface area contributed by atoms with Gasteiger partial charge in [-0.15, -0.1) is 0 Å². The number of rotatable bonds is 32. The van der Waals surface area contributed by atoms with E-state index in [1.165, 1.54) is 0 Å². The molecule has 0 aliphatic carbocycles. The van der Waals surface area contributed by atoms with Gasteiger partial charge < -0.3 is 42.6 Å². The molecule has 17 nitrogen and oxygen atoms in total. The molecule has 1 unspecified atom stereocenters. The third-order valence-electron chi connectivity index (χ3n) is 16.8. The maximum Gasteiger partial charge on any atom is 0.424 e. The van der Waals surface area contributed by atoms with E-state index >= 15 is 4.79 Å². The fourth-order valence-corrected chi connectivity index (χ4v) is 12.8. The molecule has 1 aliphatic heterocycles. The molecular formula is C83H74N2O15S. The SMILES string of the molecule is O=C(O[C@@H]1Cc2cc(CCCCCN(C(=O)OCc3ccccc3)S(=O)(=O)c3ccc([N+](=O)[O-])cc3)ccc2OC1c1cc(OCc2ccccc2)c(OCc2ccccc2)c(OCc2ccccc2)c1)c1cc(OCc2ccccc2)c(OCc2ccccc2)c(OCc2ccccc2)c1. The normalized spacial score (nSPS) is 13.1. The number of carbonyl (C=O) groups is 2. The Morgan fingerprint density at radius 3 is 1.26 bits per heavy atom. The first kappa shape index (κ1) is 69.0. The number of nitro groups is 1. The topological polar surface area (TPSA) is 198 Å². The Morgan fingerprint density at radius 2 is 0.842 bits per heavy atom. The average molecular weight is 1370 g/mol. The van der Waals surface area contributed by atoms with Crippen molar-refractivity contribution in [3.8, 4) is 40.2 Å². The van der Waals surface area contributed by atoms with Crippen LogP contribution < -0.4 is 33.2 Å². The van der Waals surface area contributed by atoms with Crippen LogP contribution in [-0.4, -0.2) is 42.4 Å². The number of hydrogen-bond donors (Lipinski definition) is 0. The van der Waals surface area contributed by atoms with Gasteiger partial charge in [-0.2, -0.15) is 0 Å². The Morgan fingerprint density at radius 1 is 0.446 bits per heavy atom. The van der Waals surface area contributed by atoms with Gasteiger partial charge in [-0.05, 0) is 112 Å². The molecule has 0 N–H and O–H groups in total. The number of benzene rings is 11. The first-order valence-corrected chi connectivity index (χ1v) is 34.7. The van der Waals surface area contributed by atoms with Crippen molar-refractivity contribution in [2.24, 2.45) is 0 Å². The van der Waals surface area contributed by atoms with Gasteiger partial charge in [0.1, 0.15) is 58.1 Å². The molecule has 0 fully saturated rings. The van der Waals surface area contributed by atoms with E-state index in [9.17, 15) is 23.3 Å². The molecule has 12 rings (SSSR count). The highest BCUT2D eigenvalue weighted by molar-refractivity contribution is 7.89. The molecule has 11 aromatic rings. The van der Waals surface area contributed by atoms with E-state index in [1.54, 1.807) is 36.4 Å². The highest BCUT2D eigenvalue weighted by Crippen LogP contribution is 2.47. The van der Waals surface area contributed by atoms with Gasteiger partial charge in [0.15, 0.2) is 29.1 Å². The van der Waals surface area contributed by atoms with Gasteiger partial charge in [-0.1, -0.05) is 231 Å². The molecule has 1 heterocycles. The van der Waals surface area contributed by atoms with Crippen LogP contribution in [0.5, 0.6) is 40.2 Å². The van der Waals surface area contributed by atoms with Crippen LogP contribution in [0.3, 0.4) is 0 Å². The van der Waals surface area contributed by atoms with E-state index < -0.39 is 39.2 Å². The number of non-ortho nitro benzene ring substituents is 1. The Kier molecular flexibility index (Phi) is 23.3. The van der Waals surface area contributed by atoms with Crippen LogP contribution in [-0.2, 0) is 78.6 Å². The summed E-state index contributed by atoms with van der Waals surface area (Å²) >= 11 is 0. The summed E-state index contributed by atoms with van der Waals surface area (Å²) in [6, 6.07) is 84.5. The lowest BCUT2D eigenvalue weighted by atomic mass is 9.92. The third kappa shape index (κ3) is 18.9. The summed E-state index contributed by atoms with van der Waals surface area (Å²) in [6.45, 7) is 0.596. The molecule has 11 aromatic carbocycles. The second-order valence-corrected chi connectivity index (χ2v) is 26.0. The summed E-state index contributed by atoms with van der Waals surface area (Å²) < 4.78 is 88.5. The van der Waals surface area contributed by atoms with Crippen molar-refractivity contribution < 1.29 is 65.6 Å². The number of hydrogen-bond acceptors (Lipinski definition) is 15. The van der Waals surface area contributed by atoms with Crippen molar-refractivity contribution in [2.75, 3.05) is 6.54 Å². The number of esters is 1. The first-order valence-electron chi connectivity index (χ1n) is 33.3. The van der Waals surface area contributed by atoms with Crippen LogP contribution in [0, 0.1) is 10.1 Å². The summed E-state index contributed by atoms with van der Waals surface area (Å²) in [5.41, 5.74) is 8.13. The van der Waals surface area contributed by atoms with Crippen molar-refractivity contribution >= 4 is 27.8 Å². The largest absolute Gasteiger partial charge is 0.485 e. The molecule has 512 valence electrons. The monoisotopic (exact) mass is 1370 g/mol. The van der Waals surface area contributed by atoms with Crippen LogP contribution in [0.4, 0.5) is 10.5 Å². The van der Waals surface area contributed by atoms with Crippen LogP contribution in [0.15, 0.2) is 284 Å². The number of ether oxygens (including phenoxy) is 9. The minimum atomic E-state index is -4.50. The van der Waals surface area contributed by atoms with Crippen LogP contribution in [0.25, 0.3) is 0 Å². The quantitative estimate of drug-likeness (QED) is 0.0167. The van der Waals surface area contributed by atoms with E-state index in [4.69, 9.17) is 42.6 Å². The van der Waals surface area contributed by atoms with Crippen LogP contribution in [0.1, 0.15) is 91.4 Å². The molecule has 0 radical (unpaired) electrons. The predicted octanol–water partition coefficient (Wildman–Crippen LogP) is 17.7. The maximum atomic E-state index is 15.5. The zero-order valence-electron chi connectivity index (χ0n) is 55.3. The van der Waals surface area contributed by atoms with E-state index in [-0.39, 0.29) is 93.3 Å². The first-order chi connectivity index (χ1) is 49.4. The van der Waals surface area contributed by atoms with Crippen LogP contribution in [0.2, 0.25) is 0 Å². The molecule has 0 bridgehead atoms. The molecular weight excluding hydrogens is 1300 g/mol. The summed E-state index contributed by atoms with van der Waals surface area (Å²) in [5, 5.41) is 11.5. The lowest BCUT2D eigenvalue weighted by molar-refractivity contribution is -0.384. The minimum Gasteiger partial charge on any atom is -0.485 e. The Balaban J connectivity index is 0.876. The zero-order valence-corrected chi connectivity index (χ0v) is 56.1. The number of unbranched alkanes of at least 4 members (excludes halogenated alkanes) is 2. The predicted molar refractivity (Wildman–Crippen MR) is 381 cm³/mol. The molecule has 1 aliphatic rings. The number of nitro benzene ring substituents is 1. The zero-order chi connectivity index (χ0) is 69.6. The molecule has 0 spiro atoms. The molecule has 101 heavy (non-hydrogen) atoms. The van der Waals surface area contributed by atoms with Gasteiger partial charge in [0.05, 0.1) is 15.4 Å². The lowest BCUT2D eigenvalue weighted by Gasteiger charge is -2.34. The molecule has 1 amide bonds. The maximum absolute atomic E-state index is 15.5. The van der Waals surface area contributed by atoms with Gasteiger partial charge >= 0.3 is 12.1 Å². The highest BCUT2D eigenvalue weighted by Gasteiger charge is 2.38. The van der Waals surface area contributed by atoms with E-state index in [2.05, 4.69) is 0 Å². The van der Waals surface area contributed by atoms with Crippen molar-refractivity contribution in [3.05, 3.63) is 350 Å². The highest BCUT2D eigenvalue weighted by atomic mass is 32.2. The Bertz CT molecular complexity index is 4510. The van der Waals surface area contributed by atoms with Crippen molar-refractivity contribution in [1.82, 2.24) is 4.31 Å². The van der Waals surface area contributed by atoms with E-state index in [0.29, 0.717) is 63.4 Å². The Hall–Kier alpha value is -11.9. The van der Waals surface area contributed by atoms with Crippen molar-refractivity contribution in [1.29, 1.82) is 0 Å². The third-order valence-corrected chi connectivity index (χ3v) is 18.6. The Labute approximate surface area is 587 Å². The lowest BCUT2D eigenvalue weighted by Crippen LogP contribution is -2.38. The number of amides is 1. The number of aryl methyl sites for hydroxylation is 1. The fraction of sp³-hybridized carbons (Fsp3) is 0.181. The molecule has 2 atom stereocenters. The fourth-order valence-electron chi connectivity index (χ4n) is 11.5. The summed E-state index contributed by atoms with van der Waals surface area (Å²) in [7, 11) is -4.50. The number of nitrogens with zero attached hydrogens (tertiary/aromatic N) is 2. The van der Waals surface area contributed by atoms with E-state index in [0.717, 1.165) is 68.8 Å². The smallest absolute Gasteiger partial charge is 0.424 e. The van der Waals surface area contributed by atoms with Gasteiger partial charge in [-0.25, -0.2) is 22.3 Å². The molecule has 0 saturated heterocycles.